The highest BCUT2D eigenvalue weighted by molar-refractivity contribution is 7.99. The van der Waals surface area contributed by atoms with Gasteiger partial charge in [-0.15, -0.1) is 11.8 Å². The molecule has 2 aromatic rings. The van der Waals surface area contributed by atoms with Crippen molar-refractivity contribution in [3.63, 3.8) is 0 Å². The van der Waals surface area contributed by atoms with E-state index in [1.807, 2.05) is 50.2 Å². The van der Waals surface area contributed by atoms with Crippen LogP contribution in [0.1, 0.15) is 26.0 Å². The Labute approximate surface area is 135 Å². The van der Waals surface area contributed by atoms with Crippen LogP contribution < -0.4 is 10.1 Å². The van der Waals surface area contributed by atoms with Gasteiger partial charge in [-0.2, -0.15) is 0 Å². The molecule has 5 heteroatoms. The Morgan fingerprint density at radius 1 is 1.27 bits per heavy atom. The maximum atomic E-state index is 12.4. The largest absolute Gasteiger partial charge is 0.492 e. The summed E-state index contributed by atoms with van der Waals surface area (Å²) in [5, 5.41) is 2.84. The third kappa shape index (κ3) is 4.56. The summed E-state index contributed by atoms with van der Waals surface area (Å²) < 4.78 is 10.8. The van der Waals surface area contributed by atoms with Crippen LogP contribution >= 0.6 is 11.8 Å². The van der Waals surface area contributed by atoms with E-state index in [2.05, 4.69) is 5.32 Å². The summed E-state index contributed by atoms with van der Waals surface area (Å²) in [6.45, 7) is 4.50. The van der Waals surface area contributed by atoms with Crippen molar-refractivity contribution in [2.24, 2.45) is 0 Å². The van der Waals surface area contributed by atoms with Crippen molar-refractivity contribution in [1.82, 2.24) is 0 Å². The molecule has 1 aromatic heterocycles. The molecule has 0 fully saturated rings. The number of hydrogen-bond donors (Lipinski definition) is 1. The maximum Gasteiger partial charge on any atom is 0.237 e. The van der Waals surface area contributed by atoms with E-state index in [0.717, 1.165) is 12.2 Å². The van der Waals surface area contributed by atoms with Gasteiger partial charge in [0.15, 0.2) is 0 Å². The van der Waals surface area contributed by atoms with Crippen LogP contribution in [0.2, 0.25) is 0 Å². The fourth-order valence-corrected chi connectivity index (χ4v) is 3.00. The molecule has 1 N–H and O–H groups in total. The van der Waals surface area contributed by atoms with Crippen molar-refractivity contribution < 1.29 is 13.9 Å². The monoisotopic (exact) mass is 319 g/mol. The number of hydrogen-bond acceptors (Lipinski definition) is 4. The second-order valence-electron chi connectivity index (χ2n) is 4.71. The number of ether oxygens (including phenoxy) is 1. The molecular formula is C17H21NO3S. The molecule has 1 heterocycles. The Morgan fingerprint density at radius 3 is 2.77 bits per heavy atom. The second kappa shape index (κ2) is 8.54. The lowest BCUT2D eigenvalue weighted by molar-refractivity contribution is -0.115. The van der Waals surface area contributed by atoms with E-state index in [1.165, 1.54) is 0 Å². The lowest BCUT2D eigenvalue weighted by Gasteiger charge is -2.16. The van der Waals surface area contributed by atoms with Crippen molar-refractivity contribution in [1.29, 1.82) is 0 Å². The fourth-order valence-electron chi connectivity index (χ4n) is 2.02. The van der Waals surface area contributed by atoms with E-state index < -0.39 is 0 Å². The predicted molar refractivity (Wildman–Crippen MR) is 90.3 cm³/mol. The molecule has 0 aliphatic heterocycles. The number of thioether (sulfide) groups is 1. The summed E-state index contributed by atoms with van der Waals surface area (Å²) in [6, 6.07) is 11.3. The Kier molecular flexibility index (Phi) is 6.40. The average Bonchev–Trinajstić information content (AvgIpc) is 3.03. The van der Waals surface area contributed by atoms with Crippen molar-refractivity contribution >= 4 is 23.4 Å². The average molecular weight is 319 g/mol. The molecule has 1 unspecified atom stereocenters. The zero-order chi connectivity index (χ0) is 15.8. The summed E-state index contributed by atoms with van der Waals surface area (Å²) in [5.41, 5.74) is 0.714. The summed E-state index contributed by atoms with van der Waals surface area (Å²) in [5.74, 6) is 2.26. The van der Waals surface area contributed by atoms with E-state index in [-0.39, 0.29) is 11.2 Å². The molecule has 4 nitrogen and oxygen atoms in total. The van der Waals surface area contributed by atoms with Crippen molar-refractivity contribution in [3.8, 4) is 5.75 Å². The first-order chi connectivity index (χ1) is 10.7. The second-order valence-corrected chi connectivity index (χ2v) is 5.90. The lowest BCUT2D eigenvalue weighted by Crippen LogP contribution is -2.25. The molecule has 0 spiro atoms. The van der Waals surface area contributed by atoms with E-state index >= 15 is 0 Å². The van der Waals surface area contributed by atoms with Crippen LogP contribution in [0.5, 0.6) is 5.75 Å². The Hall–Kier alpha value is -1.88. The number of carbonyl (C=O) groups excluding carboxylic acids is 1. The number of nitrogens with one attached hydrogen (secondary N) is 1. The number of benzene rings is 1. The Balaban J connectivity index is 1.97. The molecule has 1 amide bonds. The number of amides is 1. The summed E-state index contributed by atoms with van der Waals surface area (Å²) in [6.07, 6.45) is 2.41. The van der Waals surface area contributed by atoms with Crippen LogP contribution in [-0.2, 0) is 10.5 Å². The molecule has 22 heavy (non-hydrogen) atoms. The van der Waals surface area contributed by atoms with Crippen molar-refractivity contribution in [2.45, 2.75) is 31.3 Å². The number of furan rings is 1. The van der Waals surface area contributed by atoms with Crippen LogP contribution in [0.4, 0.5) is 5.69 Å². The molecule has 118 valence electrons. The lowest BCUT2D eigenvalue weighted by atomic mass is 10.2. The number of para-hydroxylation sites is 2. The SMILES string of the molecule is CCOc1ccccc1NC(=O)C(CC)SCc1ccco1. The topological polar surface area (TPSA) is 51.5 Å². The van der Waals surface area contributed by atoms with Gasteiger partial charge in [-0.05, 0) is 37.6 Å². The molecule has 0 saturated carbocycles. The normalized spacial score (nSPS) is 11.9. The first kappa shape index (κ1) is 16.5. The third-order valence-corrected chi connectivity index (χ3v) is 4.52. The molecule has 1 atom stereocenters. The Bertz CT molecular complexity index is 583. The highest BCUT2D eigenvalue weighted by Gasteiger charge is 2.19. The molecule has 2 rings (SSSR count). The van der Waals surface area contributed by atoms with Gasteiger partial charge in [0.05, 0.1) is 29.6 Å². The zero-order valence-corrected chi connectivity index (χ0v) is 13.7. The quantitative estimate of drug-likeness (QED) is 0.787. The van der Waals surface area contributed by atoms with Gasteiger partial charge in [-0.1, -0.05) is 19.1 Å². The minimum atomic E-state index is -0.125. The summed E-state index contributed by atoms with van der Waals surface area (Å²) in [7, 11) is 0. The van der Waals surface area contributed by atoms with Gasteiger partial charge in [-0.25, -0.2) is 0 Å². The molecule has 0 saturated heterocycles. The molecule has 0 radical (unpaired) electrons. The van der Waals surface area contributed by atoms with Crippen molar-refractivity contribution in [2.75, 3.05) is 11.9 Å². The molecular weight excluding hydrogens is 298 g/mol. The fraction of sp³-hybridized carbons (Fsp3) is 0.353. The van der Waals surface area contributed by atoms with E-state index in [0.29, 0.717) is 23.8 Å². The smallest absolute Gasteiger partial charge is 0.237 e. The summed E-state index contributed by atoms with van der Waals surface area (Å²) >= 11 is 1.58. The molecule has 1 aromatic carbocycles. The first-order valence-electron chi connectivity index (χ1n) is 7.41. The molecule has 0 aliphatic carbocycles. The van der Waals surface area contributed by atoms with Gasteiger partial charge in [0, 0.05) is 0 Å². The van der Waals surface area contributed by atoms with E-state index in [9.17, 15) is 4.79 Å². The van der Waals surface area contributed by atoms with Crippen LogP contribution in [-0.4, -0.2) is 17.8 Å². The van der Waals surface area contributed by atoms with Gasteiger partial charge >= 0.3 is 0 Å². The molecule has 0 aliphatic rings. The maximum absolute atomic E-state index is 12.4. The van der Waals surface area contributed by atoms with Crippen LogP contribution in [0, 0.1) is 0 Å². The zero-order valence-electron chi connectivity index (χ0n) is 12.9. The Morgan fingerprint density at radius 2 is 2.09 bits per heavy atom. The minimum Gasteiger partial charge on any atom is -0.492 e. The highest BCUT2D eigenvalue weighted by Crippen LogP contribution is 2.26. The number of anilines is 1. The van der Waals surface area contributed by atoms with Crippen LogP contribution in [0.25, 0.3) is 0 Å². The minimum absolute atomic E-state index is 0.00814. The van der Waals surface area contributed by atoms with Crippen molar-refractivity contribution in [3.05, 3.63) is 48.4 Å². The van der Waals surface area contributed by atoms with Gasteiger partial charge in [-0.3, -0.25) is 4.79 Å². The number of carbonyl (C=O) groups is 1. The van der Waals surface area contributed by atoms with Gasteiger partial charge in [0.1, 0.15) is 11.5 Å². The first-order valence-corrected chi connectivity index (χ1v) is 8.46. The van der Waals surface area contributed by atoms with Gasteiger partial charge in [0.25, 0.3) is 0 Å². The number of rotatable bonds is 8. The summed E-state index contributed by atoms with van der Waals surface area (Å²) in [4.78, 5) is 12.4. The predicted octanol–water partition coefficient (Wildman–Crippen LogP) is 4.33. The van der Waals surface area contributed by atoms with Gasteiger partial charge < -0.3 is 14.5 Å². The van der Waals surface area contributed by atoms with Crippen LogP contribution in [0.3, 0.4) is 0 Å². The van der Waals surface area contributed by atoms with Crippen LogP contribution in [0.15, 0.2) is 47.1 Å². The highest BCUT2D eigenvalue weighted by atomic mass is 32.2. The van der Waals surface area contributed by atoms with E-state index in [1.54, 1.807) is 18.0 Å². The standard InChI is InChI=1S/C17H21NO3S/c1-3-16(22-12-13-8-7-11-21-13)17(19)18-14-9-5-6-10-15(14)20-4-2/h5-11,16H,3-4,12H2,1-2H3,(H,18,19). The third-order valence-electron chi connectivity index (χ3n) is 3.11. The van der Waals surface area contributed by atoms with Gasteiger partial charge in [0.2, 0.25) is 5.91 Å². The van der Waals surface area contributed by atoms with E-state index in [4.69, 9.17) is 9.15 Å². The molecule has 0 bridgehead atoms.